The first kappa shape index (κ1) is 14.0. The number of hydrogen-bond donors (Lipinski definition) is 0. The number of carbonyl (C=O) groups is 1. The highest BCUT2D eigenvalue weighted by molar-refractivity contribution is 5.96. The zero-order chi connectivity index (χ0) is 14.5. The molecule has 0 atom stereocenters. The topological polar surface area (TPSA) is 40.9 Å². The van der Waals surface area contributed by atoms with Gasteiger partial charge in [0, 0.05) is 12.0 Å². The summed E-state index contributed by atoms with van der Waals surface area (Å²) in [5, 5.41) is 8.86. The van der Waals surface area contributed by atoms with Crippen LogP contribution in [0.15, 0.2) is 42.5 Å². The SMILES string of the molecule is Cc1ccc(C)c(CCC(=O)c2cccc(C#N)c2)c1. The summed E-state index contributed by atoms with van der Waals surface area (Å²) in [6, 6.07) is 15.3. The summed E-state index contributed by atoms with van der Waals surface area (Å²) in [6.07, 6.45) is 1.21. The van der Waals surface area contributed by atoms with E-state index < -0.39 is 0 Å². The molecule has 0 aromatic heterocycles. The van der Waals surface area contributed by atoms with E-state index in [0.717, 1.165) is 6.42 Å². The number of nitriles is 1. The number of ketones is 1. The van der Waals surface area contributed by atoms with Crippen molar-refractivity contribution in [2.75, 3.05) is 0 Å². The molecule has 0 aliphatic heterocycles. The number of Topliss-reactive ketones (excluding diaryl/α,β-unsaturated/α-hetero) is 1. The molecule has 0 amide bonds. The van der Waals surface area contributed by atoms with Gasteiger partial charge in [-0.1, -0.05) is 35.9 Å². The van der Waals surface area contributed by atoms with Crippen molar-refractivity contribution in [1.29, 1.82) is 5.26 Å². The zero-order valence-corrected chi connectivity index (χ0v) is 11.8. The average molecular weight is 263 g/mol. The van der Waals surface area contributed by atoms with Gasteiger partial charge < -0.3 is 0 Å². The van der Waals surface area contributed by atoms with Gasteiger partial charge in [-0.2, -0.15) is 5.26 Å². The largest absolute Gasteiger partial charge is 0.294 e. The Hall–Kier alpha value is -2.40. The minimum absolute atomic E-state index is 0.0861. The van der Waals surface area contributed by atoms with Crippen molar-refractivity contribution in [3.8, 4) is 6.07 Å². The molecule has 0 aliphatic carbocycles. The fraction of sp³-hybridized carbons (Fsp3) is 0.222. The summed E-state index contributed by atoms with van der Waals surface area (Å²) in [5.41, 5.74) is 4.80. The van der Waals surface area contributed by atoms with E-state index in [4.69, 9.17) is 5.26 Å². The Bertz CT molecular complexity index is 680. The number of nitrogens with zero attached hydrogens (tertiary/aromatic N) is 1. The molecule has 0 spiro atoms. The lowest BCUT2D eigenvalue weighted by molar-refractivity contribution is 0.0983. The van der Waals surface area contributed by atoms with Gasteiger partial charge in [0.05, 0.1) is 11.6 Å². The van der Waals surface area contributed by atoms with Crippen molar-refractivity contribution in [3.63, 3.8) is 0 Å². The Morgan fingerprint density at radius 2 is 1.95 bits per heavy atom. The molecule has 0 radical (unpaired) electrons. The third-order valence-corrected chi connectivity index (χ3v) is 3.44. The summed E-state index contributed by atoms with van der Waals surface area (Å²) in [7, 11) is 0. The van der Waals surface area contributed by atoms with Crippen molar-refractivity contribution < 1.29 is 4.79 Å². The number of carbonyl (C=O) groups excluding carboxylic acids is 1. The van der Waals surface area contributed by atoms with Gasteiger partial charge in [0.1, 0.15) is 0 Å². The summed E-state index contributed by atoms with van der Waals surface area (Å²) in [6.45, 7) is 4.12. The van der Waals surface area contributed by atoms with E-state index in [1.807, 2.05) is 0 Å². The number of benzene rings is 2. The molecule has 2 aromatic carbocycles. The van der Waals surface area contributed by atoms with E-state index in [1.54, 1.807) is 24.3 Å². The molecule has 0 unspecified atom stereocenters. The highest BCUT2D eigenvalue weighted by Crippen LogP contribution is 2.15. The molecule has 2 nitrogen and oxygen atoms in total. The van der Waals surface area contributed by atoms with Gasteiger partial charge in [0.25, 0.3) is 0 Å². The molecule has 0 N–H and O–H groups in total. The minimum Gasteiger partial charge on any atom is -0.294 e. The van der Waals surface area contributed by atoms with E-state index in [1.165, 1.54) is 16.7 Å². The fourth-order valence-corrected chi connectivity index (χ4v) is 2.22. The third-order valence-electron chi connectivity index (χ3n) is 3.44. The van der Waals surface area contributed by atoms with Crippen molar-refractivity contribution >= 4 is 5.78 Å². The second-order valence-corrected chi connectivity index (χ2v) is 5.05. The Kier molecular flexibility index (Phi) is 4.32. The Morgan fingerprint density at radius 3 is 2.70 bits per heavy atom. The van der Waals surface area contributed by atoms with Crippen molar-refractivity contribution in [2.45, 2.75) is 26.7 Å². The molecular formula is C18H17NO. The van der Waals surface area contributed by atoms with Crippen LogP contribution in [0.2, 0.25) is 0 Å². The first-order valence-corrected chi connectivity index (χ1v) is 6.69. The average Bonchev–Trinajstić information content (AvgIpc) is 2.48. The van der Waals surface area contributed by atoms with Gasteiger partial charge in [0.2, 0.25) is 0 Å². The fourth-order valence-electron chi connectivity index (χ4n) is 2.22. The third kappa shape index (κ3) is 3.33. The molecular weight excluding hydrogens is 246 g/mol. The van der Waals surface area contributed by atoms with Gasteiger partial charge >= 0.3 is 0 Å². The molecule has 0 fully saturated rings. The zero-order valence-electron chi connectivity index (χ0n) is 11.8. The maximum atomic E-state index is 12.2. The van der Waals surface area contributed by atoms with Crippen molar-refractivity contribution in [2.24, 2.45) is 0 Å². The highest BCUT2D eigenvalue weighted by atomic mass is 16.1. The van der Waals surface area contributed by atoms with Crippen LogP contribution >= 0.6 is 0 Å². The van der Waals surface area contributed by atoms with Crippen LogP contribution in [0.5, 0.6) is 0 Å². The molecule has 0 bridgehead atoms. The summed E-state index contributed by atoms with van der Waals surface area (Å²) < 4.78 is 0. The Labute approximate surface area is 119 Å². The molecule has 0 saturated heterocycles. The summed E-state index contributed by atoms with van der Waals surface area (Å²) in [5.74, 6) is 0.0861. The van der Waals surface area contributed by atoms with E-state index in [2.05, 4.69) is 38.1 Å². The van der Waals surface area contributed by atoms with Crippen LogP contribution < -0.4 is 0 Å². The summed E-state index contributed by atoms with van der Waals surface area (Å²) in [4.78, 5) is 12.2. The summed E-state index contributed by atoms with van der Waals surface area (Å²) >= 11 is 0. The maximum absolute atomic E-state index is 12.2. The molecule has 20 heavy (non-hydrogen) atoms. The monoisotopic (exact) mass is 263 g/mol. The predicted octanol–water partition coefficient (Wildman–Crippen LogP) is 3.99. The first-order chi connectivity index (χ1) is 9.60. The Balaban J connectivity index is 2.09. The molecule has 2 aromatic rings. The number of aryl methyl sites for hydroxylation is 3. The minimum atomic E-state index is 0.0861. The lowest BCUT2D eigenvalue weighted by atomic mass is 9.97. The van der Waals surface area contributed by atoms with Crippen LogP contribution in [0, 0.1) is 25.2 Å². The van der Waals surface area contributed by atoms with Crippen molar-refractivity contribution in [1.82, 2.24) is 0 Å². The van der Waals surface area contributed by atoms with Gasteiger partial charge in [-0.05, 0) is 43.5 Å². The van der Waals surface area contributed by atoms with Crippen LogP contribution in [0.3, 0.4) is 0 Å². The highest BCUT2D eigenvalue weighted by Gasteiger charge is 2.08. The maximum Gasteiger partial charge on any atom is 0.163 e. The molecule has 0 heterocycles. The van der Waals surface area contributed by atoms with E-state index in [0.29, 0.717) is 17.5 Å². The van der Waals surface area contributed by atoms with Gasteiger partial charge in [0.15, 0.2) is 5.78 Å². The van der Waals surface area contributed by atoms with Crippen LogP contribution in [0.4, 0.5) is 0 Å². The van der Waals surface area contributed by atoms with Crippen LogP contribution in [-0.4, -0.2) is 5.78 Å². The molecule has 0 aliphatic rings. The smallest absolute Gasteiger partial charge is 0.163 e. The normalized spacial score (nSPS) is 10.1. The number of rotatable bonds is 4. The molecule has 0 saturated carbocycles. The quantitative estimate of drug-likeness (QED) is 0.782. The second-order valence-electron chi connectivity index (χ2n) is 5.05. The van der Waals surface area contributed by atoms with E-state index >= 15 is 0 Å². The molecule has 100 valence electrons. The lowest BCUT2D eigenvalue weighted by Crippen LogP contribution is -2.02. The number of hydrogen-bond acceptors (Lipinski definition) is 2. The van der Waals surface area contributed by atoms with Crippen LogP contribution in [0.25, 0.3) is 0 Å². The first-order valence-electron chi connectivity index (χ1n) is 6.69. The van der Waals surface area contributed by atoms with Gasteiger partial charge in [-0.25, -0.2) is 0 Å². The van der Waals surface area contributed by atoms with Gasteiger partial charge in [-0.3, -0.25) is 4.79 Å². The van der Waals surface area contributed by atoms with Crippen molar-refractivity contribution in [3.05, 3.63) is 70.3 Å². The second kappa shape index (κ2) is 6.16. The van der Waals surface area contributed by atoms with Gasteiger partial charge in [-0.15, -0.1) is 0 Å². The molecule has 2 rings (SSSR count). The van der Waals surface area contributed by atoms with E-state index in [9.17, 15) is 4.79 Å². The molecule has 2 heteroatoms. The van der Waals surface area contributed by atoms with E-state index in [-0.39, 0.29) is 5.78 Å². The standard InChI is InChI=1S/C18H17NO/c1-13-6-7-14(2)16(10-13)8-9-18(20)17-5-3-4-15(11-17)12-19/h3-7,10-11H,8-9H2,1-2H3. The predicted molar refractivity (Wildman–Crippen MR) is 79.7 cm³/mol. The van der Waals surface area contributed by atoms with Crippen LogP contribution in [0.1, 0.15) is 39.0 Å². The lowest BCUT2D eigenvalue weighted by Gasteiger charge is -2.07. The van der Waals surface area contributed by atoms with Crippen LogP contribution in [-0.2, 0) is 6.42 Å². The Morgan fingerprint density at radius 1 is 1.15 bits per heavy atom.